The molecule has 0 aromatic rings. The lowest BCUT2D eigenvalue weighted by Crippen LogP contribution is -2.36. The molecule has 0 atom stereocenters. The van der Waals surface area contributed by atoms with Crippen LogP contribution in [-0.4, -0.2) is 37.4 Å². The van der Waals surface area contributed by atoms with Gasteiger partial charge in [-0.3, -0.25) is 4.99 Å². The van der Waals surface area contributed by atoms with E-state index in [4.69, 9.17) is 5.73 Å². The van der Waals surface area contributed by atoms with Crippen LogP contribution < -0.4 is 5.73 Å². The molecule has 1 aliphatic rings. The normalized spacial score (nSPS) is 23.0. The van der Waals surface area contributed by atoms with E-state index in [1.807, 2.05) is 6.92 Å². The molecule has 0 radical (unpaired) electrons. The van der Waals surface area contributed by atoms with Gasteiger partial charge in [-0.25, -0.2) is 0 Å². The lowest BCUT2D eigenvalue weighted by atomic mass is 9.96. The Bertz CT molecular complexity index is 157. The van der Waals surface area contributed by atoms with Crippen LogP contribution in [0.2, 0.25) is 0 Å². The largest absolute Gasteiger partial charge is 0.387 e. The maximum atomic E-state index is 5.84. The molecular formula is C9H19N3. The molecule has 1 saturated heterocycles. The van der Waals surface area contributed by atoms with Gasteiger partial charge in [-0.05, 0) is 39.9 Å². The average molecular weight is 169 g/mol. The third-order valence-corrected chi connectivity index (χ3v) is 2.48. The minimum absolute atomic E-state index is 0.543. The van der Waals surface area contributed by atoms with Crippen LogP contribution in [0.4, 0.5) is 0 Å². The maximum absolute atomic E-state index is 5.84. The Morgan fingerprint density at radius 1 is 1.50 bits per heavy atom. The van der Waals surface area contributed by atoms with E-state index >= 15 is 0 Å². The summed E-state index contributed by atoms with van der Waals surface area (Å²) in [4.78, 5) is 6.59. The smallest absolute Gasteiger partial charge is 0.0969 e. The number of amidine groups is 1. The Hall–Kier alpha value is -0.570. The van der Waals surface area contributed by atoms with Gasteiger partial charge in [0.25, 0.3) is 0 Å². The number of nitrogens with zero attached hydrogens (tertiary/aromatic N) is 2. The van der Waals surface area contributed by atoms with Gasteiger partial charge >= 0.3 is 0 Å². The second-order valence-corrected chi connectivity index (χ2v) is 3.48. The number of aliphatic imine (C=N–C) groups is 1. The van der Waals surface area contributed by atoms with E-state index in [9.17, 15) is 0 Å². The van der Waals surface area contributed by atoms with Crippen molar-refractivity contribution in [2.24, 2.45) is 16.6 Å². The highest BCUT2D eigenvalue weighted by Gasteiger charge is 2.18. The van der Waals surface area contributed by atoms with Gasteiger partial charge in [0.15, 0.2) is 0 Å². The first-order valence-electron chi connectivity index (χ1n) is 4.72. The monoisotopic (exact) mass is 169 g/mol. The van der Waals surface area contributed by atoms with Gasteiger partial charge in [-0.15, -0.1) is 0 Å². The third kappa shape index (κ3) is 2.48. The van der Waals surface area contributed by atoms with Crippen molar-refractivity contribution >= 4 is 5.84 Å². The molecule has 0 bridgehead atoms. The summed E-state index contributed by atoms with van der Waals surface area (Å²) < 4.78 is 0. The quantitative estimate of drug-likeness (QED) is 0.488. The van der Waals surface area contributed by atoms with Crippen molar-refractivity contribution in [2.75, 3.05) is 26.7 Å². The first kappa shape index (κ1) is 9.52. The summed E-state index contributed by atoms with van der Waals surface area (Å²) in [5, 5.41) is 0. The molecule has 3 heteroatoms. The topological polar surface area (TPSA) is 41.6 Å². The van der Waals surface area contributed by atoms with Crippen molar-refractivity contribution in [3.8, 4) is 0 Å². The van der Waals surface area contributed by atoms with Gasteiger partial charge in [0.05, 0.1) is 5.84 Å². The Morgan fingerprint density at radius 2 is 2.08 bits per heavy atom. The second-order valence-electron chi connectivity index (χ2n) is 3.48. The molecule has 2 N–H and O–H groups in total. The van der Waals surface area contributed by atoms with Crippen molar-refractivity contribution in [1.82, 2.24) is 4.90 Å². The van der Waals surface area contributed by atoms with Crippen LogP contribution in [0.1, 0.15) is 19.8 Å². The van der Waals surface area contributed by atoms with Gasteiger partial charge in [0, 0.05) is 12.5 Å². The predicted molar refractivity (Wildman–Crippen MR) is 52.4 cm³/mol. The number of piperidine rings is 1. The molecule has 0 saturated carbocycles. The van der Waals surface area contributed by atoms with Gasteiger partial charge in [0.2, 0.25) is 0 Å². The minimum atomic E-state index is 0.543. The number of rotatable bonds is 2. The molecule has 0 aromatic heterocycles. The van der Waals surface area contributed by atoms with Crippen molar-refractivity contribution in [3.05, 3.63) is 0 Å². The van der Waals surface area contributed by atoms with E-state index in [-0.39, 0.29) is 0 Å². The second kappa shape index (κ2) is 4.45. The van der Waals surface area contributed by atoms with Crippen LogP contribution in [0, 0.1) is 5.92 Å². The van der Waals surface area contributed by atoms with Crippen LogP contribution in [-0.2, 0) is 0 Å². The Morgan fingerprint density at radius 3 is 2.58 bits per heavy atom. The average Bonchev–Trinajstić information content (AvgIpc) is 2.06. The summed E-state index contributed by atoms with van der Waals surface area (Å²) in [7, 11) is 2.16. The van der Waals surface area contributed by atoms with E-state index in [1.54, 1.807) is 0 Å². The van der Waals surface area contributed by atoms with Crippen molar-refractivity contribution in [2.45, 2.75) is 19.8 Å². The summed E-state index contributed by atoms with van der Waals surface area (Å²) in [5.74, 6) is 1.41. The van der Waals surface area contributed by atoms with E-state index in [0.717, 1.165) is 25.5 Å². The highest BCUT2D eigenvalue weighted by atomic mass is 15.1. The van der Waals surface area contributed by atoms with Gasteiger partial charge in [-0.2, -0.15) is 0 Å². The van der Waals surface area contributed by atoms with Crippen LogP contribution in [0.25, 0.3) is 0 Å². The molecule has 1 heterocycles. The molecule has 0 unspecified atom stereocenters. The lowest BCUT2D eigenvalue weighted by molar-refractivity contribution is 0.251. The highest BCUT2D eigenvalue weighted by molar-refractivity contribution is 5.82. The Kier molecular flexibility index (Phi) is 3.53. The predicted octanol–water partition coefficient (Wildman–Crippen LogP) is 0.705. The molecule has 0 aliphatic carbocycles. The van der Waals surface area contributed by atoms with Crippen LogP contribution in [0.3, 0.4) is 0 Å². The van der Waals surface area contributed by atoms with Crippen LogP contribution in [0.5, 0.6) is 0 Å². The van der Waals surface area contributed by atoms with Gasteiger partial charge < -0.3 is 10.6 Å². The fraction of sp³-hybridized carbons (Fsp3) is 0.889. The number of likely N-dealkylation sites (tertiary alicyclic amines) is 1. The van der Waals surface area contributed by atoms with Gasteiger partial charge in [0.1, 0.15) is 0 Å². The van der Waals surface area contributed by atoms with Crippen molar-refractivity contribution < 1.29 is 0 Å². The molecule has 1 rings (SSSR count). The summed E-state index contributed by atoms with van der Waals surface area (Å²) in [6.07, 6.45) is 2.34. The van der Waals surface area contributed by atoms with E-state index in [2.05, 4.69) is 16.9 Å². The summed E-state index contributed by atoms with van der Waals surface area (Å²) >= 11 is 0. The molecule has 12 heavy (non-hydrogen) atoms. The number of hydrogen-bond acceptors (Lipinski definition) is 2. The molecule has 1 aliphatic heterocycles. The van der Waals surface area contributed by atoms with Crippen molar-refractivity contribution in [3.63, 3.8) is 0 Å². The molecule has 70 valence electrons. The zero-order valence-corrected chi connectivity index (χ0v) is 8.08. The SMILES string of the molecule is CC/N=C(\N)C1CCN(C)CC1. The maximum Gasteiger partial charge on any atom is 0.0969 e. The first-order valence-corrected chi connectivity index (χ1v) is 4.72. The standard InChI is InChI=1S/C9H19N3/c1-3-11-9(10)8-4-6-12(2)7-5-8/h8H,3-7H2,1-2H3,(H2,10,11). The Balaban J connectivity index is 2.39. The zero-order valence-electron chi connectivity index (χ0n) is 8.08. The fourth-order valence-electron chi connectivity index (χ4n) is 1.62. The number of hydrogen-bond donors (Lipinski definition) is 1. The van der Waals surface area contributed by atoms with E-state index < -0.39 is 0 Å². The first-order chi connectivity index (χ1) is 5.74. The van der Waals surface area contributed by atoms with E-state index in [1.165, 1.54) is 12.8 Å². The summed E-state index contributed by atoms with van der Waals surface area (Å²) in [6, 6.07) is 0. The molecule has 3 nitrogen and oxygen atoms in total. The lowest BCUT2D eigenvalue weighted by Gasteiger charge is -2.28. The van der Waals surface area contributed by atoms with E-state index in [0.29, 0.717) is 5.92 Å². The molecule has 1 fully saturated rings. The highest BCUT2D eigenvalue weighted by Crippen LogP contribution is 2.15. The molecule has 0 aromatic carbocycles. The van der Waals surface area contributed by atoms with Crippen LogP contribution >= 0.6 is 0 Å². The zero-order chi connectivity index (χ0) is 8.97. The third-order valence-electron chi connectivity index (χ3n) is 2.48. The Labute approximate surface area is 74.6 Å². The molecular weight excluding hydrogens is 150 g/mol. The minimum Gasteiger partial charge on any atom is -0.387 e. The van der Waals surface area contributed by atoms with Crippen molar-refractivity contribution in [1.29, 1.82) is 0 Å². The number of nitrogens with two attached hydrogens (primary N) is 1. The van der Waals surface area contributed by atoms with Gasteiger partial charge in [-0.1, -0.05) is 0 Å². The molecule has 0 amide bonds. The summed E-state index contributed by atoms with van der Waals surface area (Å²) in [6.45, 7) is 5.16. The molecule has 0 spiro atoms. The van der Waals surface area contributed by atoms with Crippen LogP contribution in [0.15, 0.2) is 4.99 Å². The fourth-order valence-corrected chi connectivity index (χ4v) is 1.62. The summed E-state index contributed by atoms with van der Waals surface area (Å²) in [5.41, 5.74) is 5.84.